The molecule has 5 nitrogen and oxygen atoms in total. The maximum absolute atomic E-state index is 13.6. The number of carbonyl (C=O) groups excluding carboxylic acids is 2. The second kappa shape index (κ2) is 8.84. The predicted octanol–water partition coefficient (Wildman–Crippen LogP) is 2.70. The molecule has 0 aliphatic carbocycles. The van der Waals surface area contributed by atoms with Crippen molar-refractivity contribution >= 4 is 29.9 Å². The molecular weight excluding hydrogens is 321 g/mol. The molecule has 4 N–H and O–H groups in total. The van der Waals surface area contributed by atoms with Gasteiger partial charge in [-0.1, -0.05) is 13.8 Å². The van der Waals surface area contributed by atoms with Gasteiger partial charge in [-0.25, -0.2) is 4.39 Å². The summed E-state index contributed by atoms with van der Waals surface area (Å²) >= 11 is 0. The fourth-order valence-electron chi connectivity index (χ4n) is 2.38. The molecule has 0 fully saturated rings. The van der Waals surface area contributed by atoms with E-state index in [0.29, 0.717) is 12.5 Å². The lowest BCUT2D eigenvalue weighted by Gasteiger charge is -2.31. The SMILES string of the molecule is CC(=O)Nc1cc(C(=O)NC(C)(CN)CC(C)C)ccc1F.Cl. The molecule has 1 atom stereocenters. The molecule has 1 aromatic rings. The van der Waals surface area contributed by atoms with E-state index >= 15 is 0 Å². The van der Waals surface area contributed by atoms with Crippen LogP contribution < -0.4 is 16.4 Å². The minimum absolute atomic E-state index is 0. The van der Waals surface area contributed by atoms with Crippen molar-refractivity contribution in [3.05, 3.63) is 29.6 Å². The highest BCUT2D eigenvalue weighted by Gasteiger charge is 2.26. The van der Waals surface area contributed by atoms with E-state index in [-0.39, 0.29) is 29.6 Å². The largest absolute Gasteiger partial charge is 0.346 e. The van der Waals surface area contributed by atoms with Gasteiger partial charge in [0.25, 0.3) is 5.91 Å². The third-order valence-corrected chi connectivity index (χ3v) is 3.26. The van der Waals surface area contributed by atoms with Crippen LogP contribution in [0, 0.1) is 11.7 Å². The minimum atomic E-state index is -0.587. The maximum atomic E-state index is 13.6. The normalized spacial score (nSPS) is 13.0. The van der Waals surface area contributed by atoms with Crippen LogP contribution in [0.5, 0.6) is 0 Å². The van der Waals surface area contributed by atoms with Crippen molar-refractivity contribution in [2.75, 3.05) is 11.9 Å². The average Bonchev–Trinajstić information content (AvgIpc) is 2.39. The van der Waals surface area contributed by atoms with Crippen LogP contribution in [-0.4, -0.2) is 23.9 Å². The van der Waals surface area contributed by atoms with Crippen molar-refractivity contribution in [2.45, 2.75) is 39.7 Å². The lowest BCUT2D eigenvalue weighted by atomic mass is 9.90. The Morgan fingerprint density at radius 2 is 1.96 bits per heavy atom. The number of benzene rings is 1. The summed E-state index contributed by atoms with van der Waals surface area (Å²) in [6, 6.07) is 3.85. The van der Waals surface area contributed by atoms with Gasteiger partial charge in [0.1, 0.15) is 5.82 Å². The van der Waals surface area contributed by atoms with Gasteiger partial charge in [0.05, 0.1) is 5.69 Å². The summed E-state index contributed by atoms with van der Waals surface area (Å²) in [5.74, 6) is -0.962. The number of hydrogen-bond acceptors (Lipinski definition) is 3. The van der Waals surface area contributed by atoms with Crippen LogP contribution in [0.1, 0.15) is 44.5 Å². The third-order valence-electron chi connectivity index (χ3n) is 3.26. The Bertz CT molecular complexity index is 566. The van der Waals surface area contributed by atoms with Crippen molar-refractivity contribution in [2.24, 2.45) is 11.7 Å². The van der Waals surface area contributed by atoms with Gasteiger partial charge in [-0.3, -0.25) is 9.59 Å². The van der Waals surface area contributed by atoms with E-state index in [2.05, 4.69) is 10.6 Å². The van der Waals surface area contributed by atoms with E-state index < -0.39 is 17.3 Å². The first-order valence-corrected chi connectivity index (χ1v) is 7.26. The molecule has 7 heteroatoms. The Hall–Kier alpha value is -1.66. The summed E-state index contributed by atoms with van der Waals surface area (Å²) in [6.45, 7) is 7.56. The molecule has 1 unspecified atom stereocenters. The zero-order valence-corrected chi connectivity index (χ0v) is 14.7. The molecule has 0 saturated heterocycles. The van der Waals surface area contributed by atoms with Crippen molar-refractivity contribution < 1.29 is 14.0 Å². The van der Waals surface area contributed by atoms with Gasteiger partial charge in [-0.2, -0.15) is 0 Å². The van der Waals surface area contributed by atoms with Gasteiger partial charge in [0.15, 0.2) is 0 Å². The Kier molecular flexibility index (Phi) is 8.20. The van der Waals surface area contributed by atoms with Gasteiger partial charge < -0.3 is 16.4 Å². The van der Waals surface area contributed by atoms with Crippen molar-refractivity contribution in [3.63, 3.8) is 0 Å². The summed E-state index contributed by atoms with van der Waals surface area (Å²) in [5.41, 5.74) is 5.49. The maximum Gasteiger partial charge on any atom is 0.251 e. The van der Waals surface area contributed by atoms with Crippen molar-refractivity contribution in [3.8, 4) is 0 Å². The second-order valence-electron chi connectivity index (χ2n) is 6.19. The van der Waals surface area contributed by atoms with Crippen LogP contribution in [0.15, 0.2) is 18.2 Å². The molecule has 2 amide bonds. The molecule has 0 saturated carbocycles. The van der Waals surface area contributed by atoms with Gasteiger partial charge >= 0.3 is 0 Å². The summed E-state index contributed by atoms with van der Waals surface area (Å²) < 4.78 is 13.6. The van der Waals surface area contributed by atoms with Crippen LogP contribution >= 0.6 is 12.4 Å². The molecule has 1 aromatic carbocycles. The van der Waals surface area contributed by atoms with Gasteiger partial charge in [-0.05, 0) is 37.5 Å². The quantitative estimate of drug-likeness (QED) is 0.741. The highest BCUT2D eigenvalue weighted by molar-refractivity contribution is 5.97. The fourth-order valence-corrected chi connectivity index (χ4v) is 2.38. The van der Waals surface area contributed by atoms with E-state index in [0.717, 1.165) is 12.5 Å². The van der Waals surface area contributed by atoms with E-state index in [1.54, 1.807) is 0 Å². The first-order valence-electron chi connectivity index (χ1n) is 7.26. The number of halogens is 2. The monoisotopic (exact) mass is 345 g/mol. The number of rotatable bonds is 6. The number of nitrogens with one attached hydrogen (secondary N) is 2. The highest BCUT2D eigenvalue weighted by Crippen LogP contribution is 2.19. The molecule has 0 aliphatic heterocycles. The molecule has 0 bridgehead atoms. The van der Waals surface area contributed by atoms with Crippen LogP contribution in [0.3, 0.4) is 0 Å². The summed E-state index contributed by atoms with van der Waals surface area (Å²) in [6.07, 6.45) is 0.731. The smallest absolute Gasteiger partial charge is 0.251 e. The number of hydrogen-bond donors (Lipinski definition) is 3. The van der Waals surface area contributed by atoms with E-state index in [1.165, 1.54) is 19.1 Å². The van der Waals surface area contributed by atoms with E-state index in [4.69, 9.17) is 5.73 Å². The minimum Gasteiger partial charge on any atom is -0.346 e. The summed E-state index contributed by atoms with van der Waals surface area (Å²) in [7, 11) is 0. The van der Waals surface area contributed by atoms with Crippen molar-refractivity contribution in [1.82, 2.24) is 5.32 Å². The first-order chi connectivity index (χ1) is 10.2. The fraction of sp³-hybridized carbons (Fsp3) is 0.500. The molecule has 0 spiro atoms. The Morgan fingerprint density at radius 1 is 1.35 bits per heavy atom. The lowest BCUT2D eigenvalue weighted by molar-refractivity contribution is -0.114. The van der Waals surface area contributed by atoms with Crippen molar-refractivity contribution in [1.29, 1.82) is 0 Å². The number of anilines is 1. The van der Waals surface area contributed by atoms with E-state index in [1.807, 2.05) is 20.8 Å². The summed E-state index contributed by atoms with van der Waals surface area (Å²) in [5, 5.41) is 5.25. The van der Waals surface area contributed by atoms with Crippen LogP contribution in [0.4, 0.5) is 10.1 Å². The third kappa shape index (κ3) is 6.54. The van der Waals surface area contributed by atoms with Crippen LogP contribution in [-0.2, 0) is 4.79 Å². The van der Waals surface area contributed by atoms with Crippen LogP contribution in [0.2, 0.25) is 0 Å². The Balaban J connectivity index is 0.00000484. The molecule has 23 heavy (non-hydrogen) atoms. The molecule has 0 aromatic heterocycles. The van der Waals surface area contributed by atoms with Gasteiger partial charge in [-0.15, -0.1) is 12.4 Å². The average molecular weight is 346 g/mol. The number of amides is 2. The molecule has 0 heterocycles. The Labute approximate surface area is 142 Å². The van der Waals surface area contributed by atoms with Gasteiger partial charge in [0, 0.05) is 24.6 Å². The topological polar surface area (TPSA) is 84.2 Å². The van der Waals surface area contributed by atoms with E-state index in [9.17, 15) is 14.0 Å². The predicted molar refractivity (Wildman–Crippen MR) is 92.3 cm³/mol. The zero-order chi connectivity index (χ0) is 16.9. The molecular formula is C16H25ClFN3O2. The zero-order valence-electron chi connectivity index (χ0n) is 13.9. The second-order valence-corrected chi connectivity index (χ2v) is 6.19. The first kappa shape index (κ1) is 21.3. The molecule has 0 aliphatic rings. The number of nitrogens with two attached hydrogens (primary N) is 1. The molecule has 130 valence electrons. The molecule has 0 radical (unpaired) electrons. The lowest BCUT2D eigenvalue weighted by Crippen LogP contribution is -2.52. The summed E-state index contributed by atoms with van der Waals surface area (Å²) in [4.78, 5) is 23.4. The number of carbonyl (C=O) groups is 2. The highest BCUT2D eigenvalue weighted by atomic mass is 35.5. The molecule has 1 rings (SSSR count). The van der Waals surface area contributed by atoms with Crippen LogP contribution in [0.25, 0.3) is 0 Å². The standard InChI is InChI=1S/C16H24FN3O2.ClH/c1-10(2)8-16(4,9-18)20-15(22)12-5-6-13(17)14(7-12)19-11(3)21;/h5-7,10H,8-9,18H2,1-4H3,(H,19,21)(H,20,22);1H. The Morgan fingerprint density at radius 3 is 2.43 bits per heavy atom. The van der Waals surface area contributed by atoms with Gasteiger partial charge in [0.2, 0.25) is 5.91 Å².